The third-order valence-corrected chi connectivity index (χ3v) is 4.85. The van der Waals surface area contributed by atoms with Gasteiger partial charge in [-0.25, -0.2) is 4.68 Å². The van der Waals surface area contributed by atoms with Crippen LogP contribution in [0.25, 0.3) is 0 Å². The second-order valence-corrected chi connectivity index (χ2v) is 6.32. The zero-order valence-corrected chi connectivity index (χ0v) is 13.1. The minimum Gasteiger partial charge on any atom is -0.324 e. The first-order chi connectivity index (χ1) is 10.2. The van der Waals surface area contributed by atoms with Crippen LogP contribution in [0.2, 0.25) is 5.02 Å². The van der Waals surface area contributed by atoms with Crippen molar-refractivity contribution >= 4 is 29.3 Å². The lowest BCUT2D eigenvalue weighted by atomic mass is 10.2. The maximum atomic E-state index is 11.8. The van der Waals surface area contributed by atoms with Gasteiger partial charge in [-0.3, -0.25) is 4.79 Å². The number of amides is 1. The number of nitrogens with zero attached hydrogens (tertiary/aromatic N) is 4. The highest BCUT2D eigenvalue weighted by Gasteiger charge is 2.33. The van der Waals surface area contributed by atoms with E-state index in [0.29, 0.717) is 18.8 Å². The quantitative estimate of drug-likeness (QED) is 0.868. The van der Waals surface area contributed by atoms with Gasteiger partial charge in [-0.1, -0.05) is 28.9 Å². The lowest BCUT2D eigenvalue weighted by Gasteiger charge is -2.19. The fourth-order valence-corrected chi connectivity index (χ4v) is 3.64. The molecular weight excluding hydrogens is 308 g/mol. The topological polar surface area (TPSA) is 51.0 Å². The SMILES string of the molecule is CCN1C(=O)CS[C@@H]1c1cn(Cc2ccc(Cl)cc2)nn1. The van der Waals surface area contributed by atoms with Crippen LogP contribution in [0, 0.1) is 0 Å². The minimum absolute atomic E-state index is 0.0125. The Kier molecular flexibility index (Phi) is 4.17. The lowest BCUT2D eigenvalue weighted by Crippen LogP contribution is -2.27. The van der Waals surface area contributed by atoms with E-state index in [1.807, 2.05) is 42.3 Å². The van der Waals surface area contributed by atoms with E-state index >= 15 is 0 Å². The lowest BCUT2D eigenvalue weighted by molar-refractivity contribution is -0.127. The molecule has 1 amide bonds. The maximum absolute atomic E-state index is 11.8. The molecule has 0 spiro atoms. The van der Waals surface area contributed by atoms with E-state index in [1.54, 1.807) is 16.4 Å². The van der Waals surface area contributed by atoms with Crippen LogP contribution in [0.4, 0.5) is 0 Å². The molecule has 3 rings (SSSR count). The number of hydrogen-bond donors (Lipinski definition) is 0. The van der Waals surface area contributed by atoms with Gasteiger partial charge in [0.1, 0.15) is 11.1 Å². The summed E-state index contributed by atoms with van der Waals surface area (Å²) in [6, 6.07) is 7.66. The van der Waals surface area contributed by atoms with Crippen LogP contribution in [-0.4, -0.2) is 38.1 Å². The number of halogens is 1. The van der Waals surface area contributed by atoms with Gasteiger partial charge in [-0.15, -0.1) is 16.9 Å². The molecule has 21 heavy (non-hydrogen) atoms. The van der Waals surface area contributed by atoms with Gasteiger partial charge >= 0.3 is 0 Å². The van der Waals surface area contributed by atoms with Crippen molar-refractivity contribution in [1.82, 2.24) is 19.9 Å². The van der Waals surface area contributed by atoms with E-state index in [9.17, 15) is 4.79 Å². The fraction of sp³-hybridized carbons (Fsp3) is 0.357. The summed E-state index contributed by atoms with van der Waals surface area (Å²) >= 11 is 7.48. The first-order valence-electron chi connectivity index (χ1n) is 6.73. The molecule has 0 unspecified atom stereocenters. The van der Waals surface area contributed by atoms with E-state index < -0.39 is 0 Å². The Morgan fingerprint density at radius 1 is 1.38 bits per heavy atom. The first kappa shape index (κ1) is 14.4. The molecule has 0 radical (unpaired) electrons. The highest BCUT2D eigenvalue weighted by atomic mass is 35.5. The molecule has 2 aromatic rings. The molecule has 5 nitrogen and oxygen atoms in total. The Labute approximate surface area is 132 Å². The predicted octanol–water partition coefficient (Wildman–Crippen LogP) is 2.57. The van der Waals surface area contributed by atoms with Gasteiger partial charge in [0, 0.05) is 11.6 Å². The molecule has 1 aliphatic rings. The number of rotatable bonds is 4. The average Bonchev–Trinajstić information content (AvgIpc) is 3.07. The number of thioether (sulfide) groups is 1. The third-order valence-electron chi connectivity index (χ3n) is 3.38. The Hall–Kier alpha value is -1.53. The molecule has 1 saturated heterocycles. The summed E-state index contributed by atoms with van der Waals surface area (Å²) in [7, 11) is 0. The first-order valence-corrected chi connectivity index (χ1v) is 8.15. The molecule has 1 atom stereocenters. The van der Waals surface area contributed by atoms with Gasteiger partial charge in [0.05, 0.1) is 18.5 Å². The Balaban J connectivity index is 1.74. The molecule has 7 heteroatoms. The molecule has 0 aliphatic carbocycles. The molecule has 0 saturated carbocycles. The van der Waals surface area contributed by atoms with Crippen LogP contribution < -0.4 is 0 Å². The monoisotopic (exact) mass is 322 g/mol. The van der Waals surface area contributed by atoms with Crippen LogP contribution in [0.3, 0.4) is 0 Å². The fourth-order valence-electron chi connectivity index (χ4n) is 2.32. The smallest absolute Gasteiger partial charge is 0.233 e. The standard InChI is InChI=1S/C14H15ClN4OS/c1-2-19-13(20)9-21-14(19)12-8-18(17-16-12)7-10-3-5-11(15)6-4-10/h3-6,8,14H,2,7,9H2,1H3/t14-/m1/s1. The second-order valence-electron chi connectivity index (χ2n) is 4.81. The zero-order valence-electron chi connectivity index (χ0n) is 11.6. The van der Waals surface area contributed by atoms with Gasteiger partial charge < -0.3 is 4.90 Å². The van der Waals surface area contributed by atoms with Crippen LogP contribution in [0.15, 0.2) is 30.5 Å². The van der Waals surface area contributed by atoms with Gasteiger partial charge in [0.25, 0.3) is 0 Å². The summed E-state index contributed by atoms with van der Waals surface area (Å²) in [5, 5.41) is 9.08. The highest BCUT2D eigenvalue weighted by Crippen LogP contribution is 2.37. The molecule has 1 fully saturated rings. The molecule has 0 N–H and O–H groups in total. The Morgan fingerprint density at radius 2 is 2.14 bits per heavy atom. The highest BCUT2D eigenvalue weighted by molar-refractivity contribution is 8.00. The van der Waals surface area contributed by atoms with E-state index in [-0.39, 0.29) is 11.3 Å². The normalized spacial score (nSPS) is 18.5. The van der Waals surface area contributed by atoms with E-state index in [2.05, 4.69) is 10.3 Å². The summed E-state index contributed by atoms with van der Waals surface area (Å²) < 4.78 is 1.79. The van der Waals surface area contributed by atoms with Crippen molar-refractivity contribution in [2.24, 2.45) is 0 Å². The van der Waals surface area contributed by atoms with Gasteiger partial charge in [-0.05, 0) is 24.6 Å². The molecule has 1 aliphatic heterocycles. The number of carbonyl (C=O) groups is 1. The molecular formula is C14H15ClN4OS. The summed E-state index contributed by atoms with van der Waals surface area (Å²) in [4.78, 5) is 13.6. The summed E-state index contributed by atoms with van der Waals surface area (Å²) in [6.45, 7) is 3.32. The van der Waals surface area contributed by atoms with E-state index in [1.165, 1.54) is 0 Å². The van der Waals surface area contributed by atoms with Crippen molar-refractivity contribution in [1.29, 1.82) is 0 Å². The number of hydrogen-bond acceptors (Lipinski definition) is 4. The van der Waals surface area contributed by atoms with E-state index in [4.69, 9.17) is 11.6 Å². The number of carbonyl (C=O) groups excluding carboxylic acids is 1. The molecule has 1 aromatic heterocycles. The van der Waals surface area contributed by atoms with Crippen molar-refractivity contribution in [3.05, 3.63) is 46.7 Å². The average molecular weight is 323 g/mol. The van der Waals surface area contributed by atoms with E-state index in [0.717, 1.165) is 16.3 Å². The van der Waals surface area contributed by atoms with Crippen LogP contribution in [-0.2, 0) is 11.3 Å². The number of aromatic nitrogens is 3. The summed E-state index contributed by atoms with van der Waals surface area (Å²) in [6.07, 6.45) is 1.91. The van der Waals surface area contributed by atoms with Crippen LogP contribution in [0.1, 0.15) is 23.6 Å². The van der Waals surface area contributed by atoms with Crippen LogP contribution in [0.5, 0.6) is 0 Å². The van der Waals surface area contributed by atoms with Crippen molar-refractivity contribution in [3.63, 3.8) is 0 Å². The second kappa shape index (κ2) is 6.07. The van der Waals surface area contributed by atoms with Crippen molar-refractivity contribution < 1.29 is 4.79 Å². The third kappa shape index (κ3) is 3.06. The predicted molar refractivity (Wildman–Crippen MR) is 83.2 cm³/mol. The van der Waals surface area contributed by atoms with Crippen molar-refractivity contribution in [2.45, 2.75) is 18.8 Å². The maximum Gasteiger partial charge on any atom is 0.233 e. The number of benzene rings is 1. The minimum atomic E-state index is -0.0125. The van der Waals surface area contributed by atoms with Gasteiger partial charge in [0.2, 0.25) is 5.91 Å². The van der Waals surface area contributed by atoms with Crippen molar-refractivity contribution in [3.8, 4) is 0 Å². The van der Waals surface area contributed by atoms with Gasteiger partial charge in [0.15, 0.2) is 0 Å². The molecule has 2 heterocycles. The van der Waals surface area contributed by atoms with Gasteiger partial charge in [-0.2, -0.15) is 0 Å². The Bertz CT molecular complexity index is 643. The van der Waals surface area contributed by atoms with Crippen molar-refractivity contribution in [2.75, 3.05) is 12.3 Å². The zero-order chi connectivity index (χ0) is 14.8. The molecule has 110 valence electrons. The largest absolute Gasteiger partial charge is 0.324 e. The summed E-state index contributed by atoms with van der Waals surface area (Å²) in [5.74, 6) is 0.683. The summed E-state index contributed by atoms with van der Waals surface area (Å²) in [5.41, 5.74) is 1.94. The molecule has 1 aromatic carbocycles. The van der Waals surface area contributed by atoms with Crippen LogP contribution >= 0.6 is 23.4 Å². The molecule has 0 bridgehead atoms. The Morgan fingerprint density at radius 3 is 2.86 bits per heavy atom.